The Morgan fingerprint density at radius 3 is 2.58 bits per heavy atom. The lowest BCUT2D eigenvalue weighted by molar-refractivity contribution is -0.240. The predicted octanol–water partition coefficient (Wildman–Crippen LogP) is 4.41. The van der Waals surface area contributed by atoms with Gasteiger partial charge in [0.15, 0.2) is 0 Å². The van der Waals surface area contributed by atoms with Crippen LogP contribution < -0.4 is 15.5 Å². The van der Waals surface area contributed by atoms with Crippen molar-refractivity contribution in [1.82, 2.24) is 15.6 Å². The van der Waals surface area contributed by atoms with Gasteiger partial charge in [-0.2, -0.15) is 0 Å². The largest absolute Gasteiger partial charge is 0.350 e. The Balaban J connectivity index is 1.94. The van der Waals surface area contributed by atoms with E-state index in [1.165, 1.54) is 18.3 Å². The Labute approximate surface area is 212 Å². The molecule has 3 rings (SSSR count). The van der Waals surface area contributed by atoms with Gasteiger partial charge in [0.25, 0.3) is 11.8 Å². The maximum atomic E-state index is 14.6. The second-order valence-electron chi connectivity index (χ2n) is 7.52. The fourth-order valence-electron chi connectivity index (χ4n) is 3.19. The highest BCUT2D eigenvalue weighted by molar-refractivity contribution is 6.34. The van der Waals surface area contributed by atoms with Gasteiger partial charge in [-0.3, -0.25) is 19.8 Å². The number of rotatable bonds is 10. The van der Waals surface area contributed by atoms with E-state index in [2.05, 4.69) is 27.1 Å². The molecule has 1 heterocycles. The summed E-state index contributed by atoms with van der Waals surface area (Å²) in [6.07, 6.45) is 2.90. The van der Waals surface area contributed by atoms with E-state index in [1.54, 1.807) is 30.1 Å². The number of anilines is 1. The van der Waals surface area contributed by atoms with Crippen molar-refractivity contribution in [2.24, 2.45) is 0 Å². The first-order valence-corrected chi connectivity index (χ1v) is 11.2. The summed E-state index contributed by atoms with van der Waals surface area (Å²) < 4.78 is 14.6. The van der Waals surface area contributed by atoms with E-state index >= 15 is 0 Å². The zero-order chi connectivity index (χ0) is 26.1. The van der Waals surface area contributed by atoms with Crippen LogP contribution >= 0.6 is 11.6 Å². The maximum Gasteiger partial charge on any atom is 0.258 e. The fourth-order valence-corrected chi connectivity index (χ4v) is 3.42. The van der Waals surface area contributed by atoms with Gasteiger partial charge in [0.1, 0.15) is 11.6 Å². The van der Waals surface area contributed by atoms with Crippen LogP contribution in [0.4, 0.5) is 10.1 Å². The normalized spacial score (nSPS) is 11.1. The molecular weight excluding hydrogens is 487 g/mol. The van der Waals surface area contributed by atoms with Gasteiger partial charge in [-0.05, 0) is 42.5 Å². The number of benzene rings is 2. The summed E-state index contributed by atoms with van der Waals surface area (Å²) in [5.41, 5.74) is 1.22. The number of nitrogens with one attached hydrogen (secondary N) is 2. The van der Waals surface area contributed by atoms with Gasteiger partial charge in [-0.15, -0.1) is 0 Å². The van der Waals surface area contributed by atoms with Crippen LogP contribution in [0.5, 0.6) is 0 Å². The summed E-state index contributed by atoms with van der Waals surface area (Å²) >= 11 is 6.22. The molecule has 0 atom stereocenters. The van der Waals surface area contributed by atoms with E-state index in [4.69, 9.17) is 16.9 Å². The van der Waals surface area contributed by atoms with Crippen LogP contribution in [0.15, 0.2) is 90.9 Å². The van der Waals surface area contributed by atoms with E-state index in [1.807, 2.05) is 30.3 Å². The summed E-state index contributed by atoms with van der Waals surface area (Å²) in [6, 6.07) is 16.5. The second-order valence-corrected chi connectivity index (χ2v) is 7.93. The molecule has 2 amide bonds. The molecule has 2 aromatic carbocycles. The minimum absolute atomic E-state index is 0.0150. The number of para-hydroxylation sites is 1. The predicted molar refractivity (Wildman–Crippen MR) is 136 cm³/mol. The molecule has 0 saturated heterocycles. The van der Waals surface area contributed by atoms with Crippen LogP contribution in [-0.2, 0) is 9.68 Å². The van der Waals surface area contributed by atoms with E-state index in [0.717, 1.165) is 6.07 Å². The van der Waals surface area contributed by atoms with Crippen molar-refractivity contribution < 1.29 is 24.1 Å². The summed E-state index contributed by atoms with van der Waals surface area (Å²) in [6.45, 7) is 3.71. The molecule has 0 radical (unpaired) electrons. The molecule has 0 unspecified atom stereocenters. The lowest BCUT2D eigenvalue weighted by Crippen LogP contribution is -2.34. The average molecular weight is 511 g/mol. The van der Waals surface area contributed by atoms with Crippen LogP contribution in [0.3, 0.4) is 0 Å². The average Bonchev–Trinajstić information content (AvgIpc) is 2.88. The van der Waals surface area contributed by atoms with Crippen LogP contribution in [0, 0.1) is 5.82 Å². The van der Waals surface area contributed by atoms with E-state index in [9.17, 15) is 14.0 Å². The highest BCUT2D eigenvalue weighted by atomic mass is 35.5. The molecule has 0 aliphatic rings. The van der Waals surface area contributed by atoms with Gasteiger partial charge < -0.3 is 15.5 Å². The summed E-state index contributed by atoms with van der Waals surface area (Å²) in [5, 5.41) is 13.6. The zero-order valence-corrected chi connectivity index (χ0v) is 20.1. The molecule has 36 heavy (non-hydrogen) atoms. The fraction of sp³-hybridized carbons (Fsp3) is 0.115. The van der Waals surface area contributed by atoms with Gasteiger partial charge in [0, 0.05) is 36.6 Å². The SMILES string of the molecule is C=C(/C=C(/NC(=O)c1cc(-c2ccccn2)c(F)cc1Cl)N(C)c1ccccc1)C(=O)NCCOO. The molecule has 0 saturated carbocycles. The number of carbonyl (C=O) groups excluding carboxylic acids is 2. The molecule has 3 N–H and O–H groups in total. The summed E-state index contributed by atoms with van der Waals surface area (Å²) in [7, 11) is 1.69. The van der Waals surface area contributed by atoms with Crippen molar-refractivity contribution in [1.29, 1.82) is 0 Å². The van der Waals surface area contributed by atoms with Crippen molar-refractivity contribution >= 4 is 29.1 Å². The number of carbonyl (C=O) groups is 2. The van der Waals surface area contributed by atoms with Gasteiger partial charge >= 0.3 is 0 Å². The highest BCUT2D eigenvalue weighted by Crippen LogP contribution is 2.28. The van der Waals surface area contributed by atoms with Gasteiger partial charge in [0.05, 0.1) is 22.9 Å². The van der Waals surface area contributed by atoms with Gasteiger partial charge in [-0.25, -0.2) is 9.28 Å². The first-order chi connectivity index (χ1) is 17.3. The van der Waals surface area contributed by atoms with Crippen molar-refractivity contribution in [3.8, 4) is 11.3 Å². The van der Waals surface area contributed by atoms with Gasteiger partial charge in [0.2, 0.25) is 0 Å². The van der Waals surface area contributed by atoms with Crippen LogP contribution in [-0.4, -0.2) is 42.3 Å². The number of halogens is 2. The second kappa shape index (κ2) is 12.6. The first-order valence-electron chi connectivity index (χ1n) is 10.8. The third-order valence-corrected chi connectivity index (χ3v) is 5.38. The van der Waals surface area contributed by atoms with Crippen LogP contribution in [0.25, 0.3) is 11.3 Å². The Kier molecular flexibility index (Phi) is 9.29. The lowest BCUT2D eigenvalue weighted by Gasteiger charge is -2.24. The summed E-state index contributed by atoms with van der Waals surface area (Å²) in [4.78, 5) is 35.4. The number of pyridine rings is 1. The molecule has 0 spiro atoms. The molecule has 10 heteroatoms. The van der Waals surface area contributed by atoms with Crippen molar-refractivity contribution in [3.63, 3.8) is 0 Å². The molecule has 0 bridgehead atoms. The van der Waals surface area contributed by atoms with Crippen LogP contribution in [0.2, 0.25) is 5.02 Å². The molecule has 3 aromatic rings. The lowest BCUT2D eigenvalue weighted by atomic mass is 10.1. The van der Waals surface area contributed by atoms with E-state index in [0.29, 0.717) is 11.4 Å². The molecule has 186 valence electrons. The Morgan fingerprint density at radius 2 is 1.92 bits per heavy atom. The quantitative estimate of drug-likeness (QED) is 0.123. The molecular formula is C26H24ClFN4O4. The molecule has 1 aromatic heterocycles. The topological polar surface area (TPSA) is 104 Å². The molecule has 0 aliphatic heterocycles. The molecule has 0 aliphatic carbocycles. The van der Waals surface area contributed by atoms with Crippen molar-refractivity contribution in [2.45, 2.75) is 0 Å². The Hall–Kier alpha value is -4.05. The van der Waals surface area contributed by atoms with Crippen molar-refractivity contribution in [2.75, 3.05) is 25.1 Å². The van der Waals surface area contributed by atoms with Crippen molar-refractivity contribution in [3.05, 3.63) is 107 Å². The number of hydrogen-bond donors (Lipinski definition) is 3. The van der Waals surface area contributed by atoms with Crippen LogP contribution in [0.1, 0.15) is 10.4 Å². The van der Waals surface area contributed by atoms with E-state index in [-0.39, 0.29) is 40.7 Å². The Morgan fingerprint density at radius 1 is 1.19 bits per heavy atom. The minimum atomic E-state index is -0.631. The zero-order valence-electron chi connectivity index (χ0n) is 19.4. The maximum absolute atomic E-state index is 14.6. The van der Waals surface area contributed by atoms with Gasteiger partial charge in [-0.1, -0.05) is 42.4 Å². The first kappa shape index (κ1) is 26.6. The third-order valence-electron chi connectivity index (χ3n) is 5.07. The monoisotopic (exact) mass is 510 g/mol. The minimum Gasteiger partial charge on any atom is -0.350 e. The smallest absolute Gasteiger partial charge is 0.258 e. The number of hydrogen-bond acceptors (Lipinski definition) is 6. The number of aromatic nitrogens is 1. The number of amides is 2. The standard InChI is InChI=1S/C26H24ClFN4O4/c1-17(25(33)30-12-13-36-35)14-24(32(2)18-8-4-3-5-9-18)31-26(34)19-15-20(22(28)16-21(19)27)23-10-6-7-11-29-23/h3-11,14-16,35H,1,12-13H2,2H3,(H,30,33)(H,31,34)/b24-14-. The summed E-state index contributed by atoms with van der Waals surface area (Å²) in [5.74, 6) is -1.57. The molecule has 0 fully saturated rings. The highest BCUT2D eigenvalue weighted by Gasteiger charge is 2.20. The van der Waals surface area contributed by atoms with E-state index < -0.39 is 17.6 Å². The molecule has 8 nitrogen and oxygen atoms in total. The Bertz CT molecular complexity index is 1270. The third kappa shape index (κ3) is 6.76. The number of nitrogens with zero attached hydrogens (tertiary/aromatic N) is 2.